The molecule has 0 bridgehead atoms. The number of benzene rings is 2. The molecule has 0 heterocycles. The highest BCUT2D eigenvalue weighted by atomic mass is 16.5. The minimum absolute atomic E-state index is 0.619. The molecule has 1 aliphatic rings. The molecule has 0 spiro atoms. The molecule has 3 rings (SSSR count). The van der Waals surface area contributed by atoms with Crippen molar-refractivity contribution in [3.05, 3.63) is 48.0 Å². The number of para-hydroxylation sites is 1. The van der Waals surface area contributed by atoms with Crippen LogP contribution >= 0.6 is 0 Å². The van der Waals surface area contributed by atoms with Gasteiger partial charge in [0.25, 0.3) is 0 Å². The molecule has 0 saturated heterocycles. The summed E-state index contributed by atoms with van der Waals surface area (Å²) in [6, 6.07) is 13.8. The number of guanidine groups is 1. The van der Waals surface area contributed by atoms with Gasteiger partial charge in [-0.05, 0) is 37.0 Å². The maximum Gasteiger partial charge on any atom is 0.195 e. The molecule has 0 amide bonds. The molecular weight excluding hydrogens is 342 g/mol. The molecule has 1 saturated carbocycles. The van der Waals surface area contributed by atoms with Crippen LogP contribution < -0.4 is 24.8 Å². The summed E-state index contributed by atoms with van der Waals surface area (Å²) in [5.41, 5.74) is 1.97. The van der Waals surface area contributed by atoms with Gasteiger partial charge in [0.2, 0.25) is 0 Å². The zero-order chi connectivity index (χ0) is 19.1. The van der Waals surface area contributed by atoms with E-state index in [9.17, 15) is 0 Å². The van der Waals surface area contributed by atoms with E-state index in [2.05, 4.69) is 21.7 Å². The fraction of sp³-hybridized carbons (Fsp3) is 0.381. The quantitative estimate of drug-likeness (QED) is 0.549. The Bertz CT molecular complexity index is 788. The second-order valence-corrected chi connectivity index (χ2v) is 6.48. The summed E-state index contributed by atoms with van der Waals surface area (Å²) in [4.78, 5) is 4.29. The second-order valence-electron chi connectivity index (χ2n) is 6.48. The first-order chi connectivity index (χ1) is 13.2. The molecule has 27 heavy (non-hydrogen) atoms. The fourth-order valence-electron chi connectivity index (χ4n) is 2.69. The number of hydrogen-bond acceptors (Lipinski definition) is 4. The van der Waals surface area contributed by atoms with Crippen LogP contribution in [0.1, 0.15) is 18.4 Å². The second kappa shape index (κ2) is 9.16. The van der Waals surface area contributed by atoms with E-state index in [1.165, 1.54) is 12.8 Å². The first-order valence-corrected chi connectivity index (χ1v) is 9.14. The molecule has 2 aromatic carbocycles. The van der Waals surface area contributed by atoms with E-state index in [1.807, 2.05) is 36.4 Å². The third-order valence-electron chi connectivity index (χ3n) is 4.46. The molecule has 0 atom stereocenters. The zero-order valence-electron chi connectivity index (χ0n) is 16.1. The molecule has 144 valence electrons. The smallest absolute Gasteiger partial charge is 0.195 e. The maximum absolute atomic E-state index is 5.97. The summed E-state index contributed by atoms with van der Waals surface area (Å²) in [6.07, 6.45) is 2.56. The van der Waals surface area contributed by atoms with Crippen molar-refractivity contribution in [2.45, 2.75) is 19.4 Å². The Labute approximate surface area is 160 Å². The summed E-state index contributed by atoms with van der Waals surface area (Å²) in [7, 11) is 4.98. The number of nitrogens with zero attached hydrogens (tertiary/aromatic N) is 1. The van der Waals surface area contributed by atoms with Gasteiger partial charge in [0, 0.05) is 30.9 Å². The predicted molar refractivity (Wildman–Crippen MR) is 108 cm³/mol. The first-order valence-electron chi connectivity index (χ1n) is 9.14. The summed E-state index contributed by atoms with van der Waals surface area (Å²) in [5.74, 6) is 3.67. The highest BCUT2D eigenvalue weighted by Gasteiger charge is 2.22. The average molecular weight is 369 g/mol. The molecule has 1 aliphatic carbocycles. The van der Waals surface area contributed by atoms with E-state index in [0.29, 0.717) is 24.0 Å². The third kappa shape index (κ3) is 5.29. The molecule has 6 heteroatoms. The summed E-state index contributed by atoms with van der Waals surface area (Å²) in [6.45, 7) is 1.42. The monoisotopic (exact) mass is 369 g/mol. The number of anilines is 1. The normalized spacial score (nSPS) is 13.8. The molecule has 0 aromatic heterocycles. The van der Waals surface area contributed by atoms with Crippen LogP contribution in [0, 0.1) is 5.92 Å². The van der Waals surface area contributed by atoms with E-state index >= 15 is 0 Å². The summed E-state index contributed by atoms with van der Waals surface area (Å²) >= 11 is 0. The molecular formula is C21H27N3O3. The van der Waals surface area contributed by atoms with Crippen LogP contribution in [0.25, 0.3) is 0 Å². The van der Waals surface area contributed by atoms with Gasteiger partial charge in [-0.1, -0.05) is 18.2 Å². The van der Waals surface area contributed by atoms with Crippen molar-refractivity contribution in [1.29, 1.82) is 0 Å². The average Bonchev–Trinajstić information content (AvgIpc) is 3.54. The lowest BCUT2D eigenvalue weighted by atomic mass is 10.2. The van der Waals surface area contributed by atoms with Crippen LogP contribution in [-0.4, -0.2) is 33.8 Å². The molecule has 6 nitrogen and oxygen atoms in total. The minimum Gasteiger partial charge on any atom is -0.493 e. The fourth-order valence-corrected chi connectivity index (χ4v) is 2.69. The lowest BCUT2D eigenvalue weighted by molar-refractivity contribution is 0.296. The maximum atomic E-state index is 5.97. The van der Waals surface area contributed by atoms with E-state index in [1.54, 1.807) is 21.3 Å². The van der Waals surface area contributed by atoms with Gasteiger partial charge >= 0.3 is 0 Å². The Morgan fingerprint density at radius 2 is 1.81 bits per heavy atom. The summed E-state index contributed by atoms with van der Waals surface area (Å²) in [5, 5.41) is 6.60. The Hall–Kier alpha value is -2.89. The van der Waals surface area contributed by atoms with Gasteiger partial charge in [0.1, 0.15) is 5.75 Å². The van der Waals surface area contributed by atoms with Crippen molar-refractivity contribution < 1.29 is 14.2 Å². The predicted octanol–water partition coefficient (Wildman–Crippen LogP) is 3.68. The van der Waals surface area contributed by atoms with Crippen LogP contribution in [0.15, 0.2) is 47.5 Å². The number of nitrogens with one attached hydrogen (secondary N) is 2. The molecule has 0 aliphatic heterocycles. The zero-order valence-corrected chi connectivity index (χ0v) is 16.1. The number of hydrogen-bond donors (Lipinski definition) is 2. The number of methoxy groups -OCH3 is 2. The third-order valence-corrected chi connectivity index (χ3v) is 4.46. The van der Waals surface area contributed by atoms with Crippen molar-refractivity contribution in [1.82, 2.24) is 5.32 Å². The van der Waals surface area contributed by atoms with Crippen LogP contribution in [0.5, 0.6) is 17.2 Å². The molecule has 0 radical (unpaired) electrons. The van der Waals surface area contributed by atoms with Gasteiger partial charge < -0.3 is 24.8 Å². The van der Waals surface area contributed by atoms with Crippen molar-refractivity contribution >= 4 is 11.6 Å². The van der Waals surface area contributed by atoms with Crippen LogP contribution in [0.2, 0.25) is 0 Å². The standard InChI is InChI=1S/C21H27N3O3/c1-22-21(24-17-10-11-19(25-2)20(12-17)26-3)23-13-16-6-4-5-7-18(16)27-14-15-8-9-15/h4-7,10-12,15H,8-9,13-14H2,1-3H3,(H2,22,23,24). The van der Waals surface area contributed by atoms with Crippen LogP contribution in [0.4, 0.5) is 5.69 Å². The first kappa shape index (κ1) is 18.9. The SMILES string of the molecule is CN=C(NCc1ccccc1OCC1CC1)Nc1ccc(OC)c(OC)c1. The largest absolute Gasteiger partial charge is 0.493 e. The minimum atomic E-state index is 0.619. The van der Waals surface area contributed by atoms with Crippen molar-refractivity contribution in [3.8, 4) is 17.2 Å². The highest BCUT2D eigenvalue weighted by molar-refractivity contribution is 5.93. The lowest BCUT2D eigenvalue weighted by Gasteiger charge is -2.16. The van der Waals surface area contributed by atoms with Gasteiger partial charge in [-0.2, -0.15) is 0 Å². The Balaban J connectivity index is 1.61. The van der Waals surface area contributed by atoms with E-state index in [0.717, 1.165) is 29.5 Å². The van der Waals surface area contributed by atoms with Gasteiger partial charge in [-0.25, -0.2) is 0 Å². The lowest BCUT2D eigenvalue weighted by Crippen LogP contribution is -2.30. The number of ether oxygens (including phenoxy) is 3. The van der Waals surface area contributed by atoms with Gasteiger partial charge in [-0.15, -0.1) is 0 Å². The van der Waals surface area contributed by atoms with Gasteiger partial charge in [-0.3, -0.25) is 4.99 Å². The van der Waals surface area contributed by atoms with Crippen LogP contribution in [-0.2, 0) is 6.54 Å². The van der Waals surface area contributed by atoms with E-state index < -0.39 is 0 Å². The number of aliphatic imine (C=N–C) groups is 1. The Kier molecular flexibility index (Phi) is 6.41. The molecule has 2 aromatic rings. The van der Waals surface area contributed by atoms with Crippen molar-refractivity contribution in [2.24, 2.45) is 10.9 Å². The van der Waals surface area contributed by atoms with Gasteiger partial charge in [0.05, 0.1) is 20.8 Å². The Morgan fingerprint density at radius 1 is 1.04 bits per heavy atom. The molecule has 2 N–H and O–H groups in total. The van der Waals surface area contributed by atoms with Gasteiger partial charge in [0.15, 0.2) is 17.5 Å². The highest BCUT2D eigenvalue weighted by Crippen LogP contribution is 2.31. The van der Waals surface area contributed by atoms with Crippen molar-refractivity contribution in [2.75, 3.05) is 33.2 Å². The summed E-state index contributed by atoms with van der Waals surface area (Å²) < 4.78 is 16.6. The molecule has 0 unspecified atom stereocenters. The van der Waals surface area contributed by atoms with Crippen molar-refractivity contribution in [3.63, 3.8) is 0 Å². The van der Waals surface area contributed by atoms with E-state index in [4.69, 9.17) is 14.2 Å². The molecule has 1 fully saturated rings. The Morgan fingerprint density at radius 3 is 2.52 bits per heavy atom. The van der Waals surface area contributed by atoms with Crippen LogP contribution in [0.3, 0.4) is 0 Å². The number of rotatable bonds is 8. The topological polar surface area (TPSA) is 64.1 Å². The van der Waals surface area contributed by atoms with E-state index in [-0.39, 0.29) is 0 Å².